The van der Waals surface area contributed by atoms with Crippen LogP contribution in [0.4, 0.5) is 17.5 Å². The molecule has 0 saturated heterocycles. The second kappa shape index (κ2) is 8.38. The number of nitrogens with one attached hydrogen (secondary N) is 2. The number of nitrogens with zero attached hydrogens (tertiary/aromatic N) is 4. The van der Waals surface area contributed by atoms with E-state index in [-0.39, 0.29) is 10.8 Å². The summed E-state index contributed by atoms with van der Waals surface area (Å²) in [6.45, 7) is 3.58. The monoisotopic (exact) mass is 430 g/mol. The zero-order valence-corrected chi connectivity index (χ0v) is 17.6. The first-order valence-electron chi connectivity index (χ1n) is 9.31. The Labute approximate surface area is 179 Å². The third-order valence-corrected chi connectivity index (χ3v) is 5.68. The van der Waals surface area contributed by atoms with Gasteiger partial charge in [0.2, 0.25) is 5.95 Å². The van der Waals surface area contributed by atoms with Crippen LogP contribution >= 0.6 is 0 Å². The first-order chi connectivity index (χ1) is 14.9. The average Bonchev–Trinajstić information content (AvgIpc) is 2.76. The van der Waals surface area contributed by atoms with Crippen LogP contribution in [-0.4, -0.2) is 28.4 Å². The number of pyridine rings is 2. The third-order valence-electron chi connectivity index (χ3n) is 4.33. The molecule has 9 heteroatoms. The van der Waals surface area contributed by atoms with Crippen LogP contribution in [0.2, 0.25) is 0 Å². The standard InChI is InChI=1S/C22H18N6O2S/c1-3-4-20-19-11-21(24-14-16(19)9-10-23-20)27-17-5-7-18(8-6-17)31(29,30)28-22-25-12-15(2)13-26-22/h5-14H,1-2H3,(H,24,27)(H,25,26,28). The minimum atomic E-state index is -3.80. The second-order valence-electron chi connectivity index (χ2n) is 6.66. The van der Waals surface area contributed by atoms with Crippen LogP contribution in [-0.2, 0) is 10.0 Å². The Bertz CT molecular complexity index is 1410. The van der Waals surface area contributed by atoms with Crippen LogP contribution < -0.4 is 10.0 Å². The molecule has 8 nitrogen and oxygen atoms in total. The maximum absolute atomic E-state index is 12.6. The minimum absolute atomic E-state index is 0.0211. The van der Waals surface area contributed by atoms with E-state index in [0.717, 1.165) is 16.3 Å². The van der Waals surface area contributed by atoms with Gasteiger partial charge in [0.15, 0.2) is 0 Å². The third kappa shape index (κ3) is 4.60. The molecular formula is C22H18N6O2S. The fourth-order valence-corrected chi connectivity index (χ4v) is 3.80. The van der Waals surface area contributed by atoms with Crippen LogP contribution in [0.5, 0.6) is 0 Å². The Balaban J connectivity index is 1.55. The molecule has 0 fully saturated rings. The molecule has 4 aromatic rings. The summed E-state index contributed by atoms with van der Waals surface area (Å²) in [6.07, 6.45) is 6.53. The van der Waals surface area contributed by atoms with Gasteiger partial charge in [-0.05, 0) is 61.7 Å². The first kappa shape index (κ1) is 20.3. The molecule has 0 radical (unpaired) electrons. The van der Waals surface area contributed by atoms with E-state index in [1.165, 1.54) is 12.1 Å². The Hall–Kier alpha value is -4.03. The summed E-state index contributed by atoms with van der Waals surface area (Å²) >= 11 is 0. The number of benzene rings is 1. The highest BCUT2D eigenvalue weighted by Gasteiger charge is 2.15. The van der Waals surface area contributed by atoms with E-state index in [1.54, 1.807) is 43.8 Å². The summed E-state index contributed by atoms with van der Waals surface area (Å²) in [5.41, 5.74) is 2.20. The normalized spacial score (nSPS) is 10.9. The summed E-state index contributed by atoms with van der Waals surface area (Å²) < 4.78 is 27.5. The molecule has 0 atom stereocenters. The predicted molar refractivity (Wildman–Crippen MR) is 119 cm³/mol. The van der Waals surface area contributed by atoms with E-state index in [9.17, 15) is 8.42 Å². The molecule has 0 amide bonds. The largest absolute Gasteiger partial charge is 0.340 e. The lowest BCUT2D eigenvalue weighted by molar-refractivity contribution is 0.601. The molecule has 0 unspecified atom stereocenters. The SMILES string of the molecule is CC#Cc1nccc2cnc(Nc3ccc(S(=O)(=O)Nc4ncc(C)cn4)cc3)cc12. The molecule has 0 saturated carbocycles. The van der Waals surface area contributed by atoms with Gasteiger partial charge in [-0.25, -0.2) is 33.1 Å². The summed E-state index contributed by atoms with van der Waals surface area (Å²) in [7, 11) is -3.80. The van der Waals surface area contributed by atoms with Gasteiger partial charge in [0.1, 0.15) is 11.5 Å². The van der Waals surface area contributed by atoms with Gasteiger partial charge in [-0.2, -0.15) is 0 Å². The highest BCUT2D eigenvalue weighted by molar-refractivity contribution is 7.92. The van der Waals surface area contributed by atoms with Crippen molar-refractivity contribution in [1.82, 2.24) is 19.9 Å². The Kier molecular flexibility index (Phi) is 5.47. The Morgan fingerprint density at radius 2 is 1.68 bits per heavy atom. The number of anilines is 3. The number of sulfonamides is 1. The lowest BCUT2D eigenvalue weighted by Crippen LogP contribution is -2.15. The van der Waals surface area contributed by atoms with Crippen molar-refractivity contribution in [2.24, 2.45) is 0 Å². The molecule has 4 rings (SSSR count). The number of aryl methyl sites for hydroxylation is 1. The quantitative estimate of drug-likeness (QED) is 0.465. The molecule has 2 N–H and O–H groups in total. The van der Waals surface area contributed by atoms with Gasteiger partial charge < -0.3 is 5.32 Å². The molecule has 31 heavy (non-hydrogen) atoms. The summed E-state index contributed by atoms with van der Waals surface area (Å²) in [4.78, 5) is 16.8. The van der Waals surface area contributed by atoms with Gasteiger partial charge >= 0.3 is 0 Å². The number of hydrogen-bond acceptors (Lipinski definition) is 7. The fourth-order valence-electron chi connectivity index (χ4n) is 2.84. The van der Waals surface area contributed by atoms with Crippen LogP contribution in [0.3, 0.4) is 0 Å². The van der Waals surface area contributed by atoms with Crippen LogP contribution in [0.1, 0.15) is 18.2 Å². The van der Waals surface area contributed by atoms with Gasteiger partial charge in [-0.1, -0.05) is 5.92 Å². The minimum Gasteiger partial charge on any atom is -0.340 e. The molecule has 1 aromatic carbocycles. The smallest absolute Gasteiger partial charge is 0.264 e. The van der Waals surface area contributed by atoms with E-state index in [1.807, 2.05) is 19.1 Å². The lowest BCUT2D eigenvalue weighted by Gasteiger charge is -2.09. The highest BCUT2D eigenvalue weighted by Crippen LogP contribution is 2.23. The van der Waals surface area contributed by atoms with Crippen LogP contribution in [0.25, 0.3) is 10.8 Å². The van der Waals surface area contributed by atoms with Crippen molar-refractivity contribution in [1.29, 1.82) is 0 Å². The van der Waals surface area contributed by atoms with E-state index in [2.05, 4.69) is 41.8 Å². The molecular weight excluding hydrogens is 412 g/mol. The van der Waals surface area contributed by atoms with Crippen molar-refractivity contribution in [2.45, 2.75) is 18.7 Å². The first-order valence-corrected chi connectivity index (χ1v) is 10.8. The van der Waals surface area contributed by atoms with Gasteiger partial charge in [0.25, 0.3) is 10.0 Å². The van der Waals surface area contributed by atoms with Gasteiger partial charge in [-0.15, -0.1) is 0 Å². The number of hydrogen-bond donors (Lipinski definition) is 2. The highest BCUT2D eigenvalue weighted by atomic mass is 32.2. The van der Waals surface area contributed by atoms with E-state index >= 15 is 0 Å². The second-order valence-corrected chi connectivity index (χ2v) is 8.35. The maximum atomic E-state index is 12.6. The van der Waals surface area contributed by atoms with Crippen molar-refractivity contribution in [3.63, 3.8) is 0 Å². The Morgan fingerprint density at radius 1 is 0.935 bits per heavy atom. The summed E-state index contributed by atoms with van der Waals surface area (Å²) in [5.74, 6) is 6.47. The van der Waals surface area contributed by atoms with Crippen molar-refractivity contribution in [3.05, 3.63) is 72.4 Å². The zero-order valence-electron chi connectivity index (χ0n) is 16.8. The molecule has 0 aliphatic rings. The lowest BCUT2D eigenvalue weighted by atomic mass is 10.1. The Morgan fingerprint density at radius 3 is 2.39 bits per heavy atom. The number of rotatable bonds is 5. The molecule has 3 heterocycles. The topological polar surface area (TPSA) is 110 Å². The molecule has 154 valence electrons. The van der Waals surface area contributed by atoms with Crippen LogP contribution in [0, 0.1) is 18.8 Å². The van der Waals surface area contributed by atoms with Gasteiger partial charge in [0, 0.05) is 41.2 Å². The average molecular weight is 430 g/mol. The molecule has 3 aromatic heterocycles. The van der Waals surface area contributed by atoms with Crippen molar-refractivity contribution in [3.8, 4) is 11.8 Å². The van der Waals surface area contributed by atoms with Crippen molar-refractivity contribution < 1.29 is 8.42 Å². The van der Waals surface area contributed by atoms with Gasteiger partial charge in [-0.3, -0.25) is 0 Å². The molecule has 0 aliphatic carbocycles. The zero-order chi connectivity index (χ0) is 21.8. The van der Waals surface area contributed by atoms with E-state index in [4.69, 9.17) is 0 Å². The predicted octanol–water partition coefficient (Wildman–Crippen LogP) is 3.64. The van der Waals surface area contributed by atoms with Crippen molar-refractivity contribution >= 4 is 38.2 Å². The fraction of sp³-hybridized carbons (Fsp3) is 0.0909. The number of aromatic nitrogens is 4. The molecule has 0 bridgehead atoms. The van der Waals surface area contributed by atoms with Gasteiger partial charge in [0.05, 0.1) is 4.90 Å². The maximum Gasteiger partial charge on any atom is 0.264 e. The number of fused-ring (bicyclic) bond motifs is 1. The molecule has 0 aliphatic heterocycles. The van der Waals surface area contributed by atoms with Crippen molar-refractivity contribution in [2.75, 3.05) is 10.0 Å². The van der Waals surface area contributed by atoms with E-state index in [0.29, 0.717) is 17.2 Å². The van der Waals surface area contributed by atoms with Crippen LogP contribution in [0.15, 0.2) is 66.1 Å². The summed E-state index contributed by atoms with van der Waals surface area (Å²) in [5, 5.41) is 4.99. The summed E-state index contributed by atoms with van der Waals surface area (Å²) in [6, 6.07) is 10.0. The van der Waals surface area contributed by atoms with E-state index < -0.39 is 10.0 Å². The molecule has 0 spiro atoms.